The number of amides is 1. The smallest absolute Gasteiger partial charge is 0.253 e. The zero-order valence-electron chi connectivity index (χ0n) is 15.8. The van der Waals surface area contributed by atoms with E-state index in [9.17, 15) is 4.79 Å². The van der Waals surface area contributed by atoms with Crippen molar-refractivity contribution in [2.45, 2.75) is 12.3 Å². The van der Waals surface area contributed by atoms with Gasteiger partial charge in [0.15, 0.2) is 5.82 Å². The van der Waals surface area contributed by atoms with Gasteiger partial charge in [-0.05, 0) is 42.0 Å². The summed E-state index contributed by atoms with van der Waals surface area (Å²) in [5.41, 5.74) is 2.87. The topological polar surface area (TPSA) is 64.2 Å². The first-order chi connectivity index (χ1) is 14.3. The lowest BCUT2D eigenvalue weighted by molar-refractivity contribution is 0.0569. The quantitative estimate of drug-likeness (QED) is 0.526. The molecular formula is C23H20N4O2. The lowest BCUT2D eigenvalue weighted by Crippen LogP contribution is -2.48. The van der Waals surface area contributed by atoms with Crippen molar-refractivity contribution in [3.05, 3.63) is 102 Å². The molecule has 1 fully saturated rings. The highest BCUT2D eigenvalue weighted by atomic mass is 16.5. The summed E-state index contributed by atoms with van der Waals surface area (Å²) in [5.74, 6) is 1.43. The SMILES string of the molecule is O=C(c1ccc(-n2cccc2)cc1)N1CC(c2nc(Cc3ccccc3)no2)C1. The van der Waals surface area contributed by atoms with E-state index in [1.165, 1.54) is 0 Å². The summed E-state index contributed by atoms with van der Waals surface area (Å²) >= 11 is 0. The molecule has 1 amide bonds. The number of carbonyl (C=O) groups excluding carboxylic acids is 1. The molecule has 1 aliphatic rings. The van der Waals surface area contributed by atoms with Gasteiger partial charge in [-0.2, -0.15) is 4.98 Å². The molecule has 0 unspecified atom stereocenters. The van der Waals surface area contributed by atoms with Gasteiger partial charge < -0.3 is 14.0 Å². The van der Waals surface area contributed by atoms with E-state index in [0.29, 0.717) is 36.8 Å². The van der Waals surface area contributed by atoms with Gasteiger partial charge in [-0.3, -0.25) is 4.79 Å². The van der Waals surface area contributed by atoms with Crippen molar-refractivity contribution in [3.8, 4) is 5.69 Å². The Morgan fingerprint density at radius 3 is 2.41 bits per heavy atom. The number of hydrogen-bond acceptors (Lipinski definition) is 4. The number of benzene rings is 2. The molecule has 0 saturated carbocycles. The van der Waals surface area contributed by atoms with Gasteiger partial charge in [-0.1, -0.05) is 35.5 Å². The van der Waals surface area contributed by atoms with E-state index in [-0.39, 0.29) is 11.8 Å². The molecule has 0 spiro atoms. The number of aromatic nitrogens is 3. The summed E-state index contributed by atoms with van der Waals surface area (Å²) in [6, 6.07) is 21.7. The highest BCUT2D eigenvalue weighted by Gasteiger charge is 2.36. The van der Waals surface area contributed by atoms with E-state index in [2.05, 4.69) is 10.1 Å². The molecule has 0 aliphatic carbocycles. The van der Waals surface area contributed by atoms with Crippen LogP contribution < -0.4 is 0 Å². The van der Waals surface area contributed by atoms with Crippen molar-refractivity contribution >= 4 is 5.91 Å². The Morgan fingerprint density at radius 1 is 0.966 bits per heavy atom. The van der Waals surface area contributed by atoms with Crippen LogP contribution in [0, 0.1) is 0 Å². The predicted molar refractivity (Wildman–Crippen MR) is 108 cm³/mol. The second-order valence-corrected chi connectivity index (χ2v) is 7.26. The fourth-order valence-corrected chi connectivity index (χ4v) is 3.55. The van der Waals surface area contributed by atoms with Gasteiger partial charge in [-0.15, -0.1) is 0 Å². The average molecular weight is 384 g/mol. The van der Waals surface area contributed by atoms with Gasteiger partial charge >= 0.3 is 0 Å². The Labute approximate surface area is 168 Å². The summed E-state index contributed by atoms with van der Waals surface area (Å²) in [6.07, 6.45) is 4.61. The maximum absolute atomic E-state index is 12.7. The Kier molecular flexibility index (Phi) is 4.44. The molecule has 0 atom stereocenters. The largest absolute Gasteiger partial charge is 0.339 e. The average Bonchev–Trinajstić information content (AvgIpc) is 3.40. The van der Waals surface area contributed by atoms with Crippen LogP contribution in [0.4, 0.5) is 0 Å². The molecule has 144 valence electrons. The minimum absolute atomic E-state index is 0.0318. The van der Waals surface area contributed by atoms with E-state index >= 15 is 0 Å². The van der Waals surface area contributed by atoms with Crippen molar-refractivity contribution in [1.82, 2.24) is 19.6 Å². The van der Waals surface area contributed by atoms with Crippen LogP contribution in [0.25, 0.3) is 5.69 Å². The Morgan fingerprint density at radius 2 is 1.69 bits per heavy atom. The molecule has 0 N–H and O–H groups in total. The molecule has 29 heavy (non-hydrogen) atoms. The lowest BCUT2D eigenvalue weighted by Gasteiger charge is -2.37. The van der Waals surface area contributed by atoms with E-state index in [1.807, 2.05) is 88.6 Å². The van der Waals surface area contributed by atoms with Crippen molar-refractivity contribution in [2.24, 2.45) is 0 Å². The molecule has 5 rings (SSSR count). The van der Waals surface area contributed by atoms with Crippen molar-refractivity contribution in [3.63, 3.8) is 0 Å². The van der Waals surface area contributed by atoms with Crippen LogP contribution in [0.2, 0.25) is 0 Å². The number of rotatable bonds is 5. The number of hydrogen-bond donors (Lipinski definition) is 0. The first-order valence-corrected chi connectivity index (χ1v) is 9.65. The fraction of sp³-hybridized carbons (Fsp3) is 0.174. The predicted octanol–water partition coefficient (Wildman–Crippen LogP) is 3.69. The van der Waals surface area contributed by atoms with E-state index in [1.54, 1.807) is 0 Å². The minimum Gasteiger partial charge on any atom is -0.339 e. The summed E-state index contributed by atoms with van der Waals surface area (Å²) < 4.78 is 7.44. The van der Waals surface area contributed by atoms with E-state index in [4.69, 9.17) is 4.52 Å². The monoisotopic (exact) mass is 384 g/mol. The maximum atomic E-state index is 12.7. The maximum Gasteiger partial charge on any atom is 0.253 e. The zero-order chi connectivity index (χ0) is 19.6. The molecule has 1 saturated heterocycles. The van der Waals surface area contributed by atoms with E-state index in [0.717, 1.165) is 11.3 Å². The van der Waals surface area contributed by atoms with Crippen LogP contribution in [-0.4, -0.2) is 38.6 Å². The summed E-state index contributed by atoms with van der Waals surface area (Å²) in [4.78, 5) is 19.0. The molecule has 6 heteroatoms. The van der Waals surface area contributed by atoms with Crippen LogP contribution >= 0.6 is 0 Å². The van der Waals surface area contributed by atoms with Crippen LogP contribution in [0.3, 0.4) is 0 Å². The number of carbonyl (C=O) groups is 1. The first kappa shape index (κ1) is 17.4. The highest BCUT2D eigenvalue weighted by molar-refractivity contribution is 5.95. The van der Waals surface area contributed by atoms with Crippen LogP contribution in [0.15, 0.2) is 83.6 Å². The molecule has 1 aliphatic heterocycles. The molecule has 0 bridgehead atoms. The molecule has 2 aromatic carbocycles. The molecule has 2 aromatic heterocycles. The fourth-order valence-electron chi connectivity index (χ4n) is 3.55. The van der Waals surface area contributed by atoms with Crippen LogP contribution in [0.5, 0.6) is 0 Å². The summed E-state index contributed by atoms with van der Waals surface area (Å²) in [7, 11) is 0. The summed E-state index contributed by atoms with van der Waals surface area (Å²) in [6.45, 7) is 1.20. The zero-order valence-corrected chi connectivity index (χ0v) is 15.8. The molecule has 3 heterocycles. The summed E-state index contributed by atoms with van der Waals surface area (Å²) in [5, 5.41) is 4.08. The molecule has 4 aromatic rings. The Hall–Kier alpha value is -3.67. The third kappa shape index (κ3) is 3.57. The van der Waals surface area contributed by atoms with Crippen molar-refractivity contribution in [2.75, 3.05) is 13.1 Å². The van der Waals surface area contributed by atoms with Gasteiger partial charge in [-0.25, -0.2) is 0 Å². The first-order valence-electron chi connectivity index (χ1n) is 9.65. The number of likely N-dealkylation sites (tertiary alicyclic amines) is 1. The number of nitrogens with zero attached hydrogens (tertiary/aromatic N) is 4. The second-order valence-electron chi connectivity index (χ2n) is 7.26. The normalized spacial score (nSPS) is 14.0. The van der Waals surface area contributed by atoms with Gasteiger partial charge in [0, 0.05) is 43.2 Å². The second kappa shape index (κ2) is 7.39. The lowest BCUT2D eigenvalue weighted by atomic mass is 9.98. The van der Waals surface area contributed by atoms with Gasteiger partial charge in [0.05, 0.1) is 5.92 Å². The van der Waals surface area contributed by atoms with Gasteiger partial charge in [0.2, 0.25) is 5.89 Å². The molecule has 0 radical (unpaired) electrons. The van der Waals surface area contributed by atoms with Crippen LogP contribution in [0.1, 0.15) is 33.6 Å². The van der Waals surface area contributed by atoms with Gasteiger partial charge in [0.25, 0.3) is 5.91 Å². The van der Waals surface area contributed by atoms with Crippen LogP contribution in [-0.2, 0) is 6.42 Å². The van der Waals surface area contributed by atoms with E-state index < -0.39 is 0 Å². The Balaban J connectivity index is 1.19. The Bertz CT molecular complexity index is 1100. The third-order valence-electron chi connectivity index (χ3n) is 5.22. The molecular weight excluding hydrogens is 364 g/mol. The third-order valence-corrected chi connectivity index (χ3v) is 5.22. The molecule has 6 nitrogen and oxygen atoms in total. The van der Waals surface area contributed by atoms with Crippen molar-refractivity contribution < 1.29 is 9.32 Å². The standard InChI is InChI=1S/C23H20N4O2/c28-23(18-8-10-20(11-9-18)26-12-4-5-13-26)27-15-19(16-27)22-24-21(25-29-22)14-17-6-2-1-3-7-17/h1-13,19H,14-16H2. The van der Waals surface area contributed by atoms with Crippen molar-refractivity contribution in [1.29, 1.82) is 0 Å². The highest BCUT2D eigenvalue weighted by Crippen LogP contribution is 2.27. The minimum atomic E-state index is 0.0318. The van der Waals surface area contributed by atoms with Gasteiger partial charge in [0.1, 0.15) is 0 Å².